The molecular weight excluding hydrogens is 395 g/mol. The third kappa shape index (κ3) is 4.61. The van der Waals surface area contributed by atoms with Gasteiger partial charge in [-0.3, -0.25) is 15.1 Å². The Kier molecular flexibility index (Phi) is 5.93. The molecule has 0 aliphatic rings. The van der Waals surface area contributed by atoms with Crippen molar-refractivity contribution in [2.75, 3.05) is 11.9 Å². The summed E-state index contributed by atoms with van der Waals surface area (Å²) in [6.07, 6.45) is 4.43. The monoisotopic (exact) mass is 412 g/mol. The van der Waals surface area contributed by atoms with Gasteiger partial charge in [0.05, 0.1) is 5.56 Å². The number of aromatic nitrogens is 3. The first-order chi connectivity index (χ1) is 13.9. The van der Waals surface area contributed by atoms with Crippen LogP contribution in [0.4, 0.5) is 15.0 Å². The molecule has 3 amide bonds. The zero-order valence-corrected chi connectivity index (χ0v) is 16.2. The van der Waals surface area contributed by atoms with Gasteiger partial charge in [0.2, 0.25) is 5.91 Å². The number of nitrogens with one attached hydrogen (secondary N) is 2. The Morgan fingerprint density at radius 2 is 2.03 bits per heavy atom. The molecule has 3 heterocycles. The van der Waals surface area contributed by atoms with Crippen molar-refractivity contribution in [1.82, 2.24) is 20.3 Å². The van der Waals surface area contributed by atoms with Crippen molar-refractivity contribution in [2.24, 2.45) is 5.73 Å². The number of carbonyl (C=O) groups excluding carboxylic acids is 2. The van der Waals surface area contributed by atoms with Crippen molar-refractivity contribution in [3.63, 3.8) is 0 Å². The van der Waals surface area contributed by atoms with Gasteiger partial charge in [-0.05, 0) is 19.1 Å². The predicted octanol–water partition coefficient (Wildman–Crippen LogP) is 3.45. The lowest BCUT2D eigenvalue weighted by Gasteiger charge is -2.11. The van der Waals surface area contributed by atoms with E-state index in [1.165, 1.54) is 29.1 Å². The molecule has 0 spiro atoms. The number of urea groups is 1. The summed E-state index contributed by atoms with van der Waals surface area (Å²) < 4.78 is 13.5. The fourth-order valence-corrected chi connectivity index (χ4v) is 3.35. The van der Waals surface area contributed by atoms with Crippen molar-refractivity contribution in [3.8, 4) is 21.7 Å². The second kappa shape index (κ2) is 8.57. The molecule has 0 saturated carbocycles. The molecule has 10 heteroatoms. The van der Waals surface area contributed by atoms with Crippen LogP contribution in [0.1, 0.15) is 23.0 Å². The van der Waals surface area contributed by atoms with Gasteiger partial charge in [0.1, 0.15) is 22.3 Å². The van der Waals surface area contributed by atoms with Crippen LogP contribution in [-0.2, 0) is 0 Å². The van der Waals surface area contributed by atoms with Gasteiger partial charge in [0.15, 0.2) is 0 Å². The van der Waals surface area contributed by atoms with Crippen LogP contribution >= 0.6 is 11.3 Å². The highest BCUT2D eigenvalue weighted by Gasteiger charge is 2.16. The van der Waals surface area contributed by atoms with E-state index in [1.807, 2.05) is 0 Å². The maximum atomic E-state index is 13.5. The van der Waals surface area contributed by atoms with Gasteiger partial charge >= 0.3 is 6.03 Å². The summed E-state index contributed by atoms with van der Waals surface area (Å²) in [5.74, 6) is -0.987. The summed E-state index contributed by atoms with van der Waals surface area (Å²) in [4.78, 5) is 35.9. The van der Waals surface area contributed by atoms with E-state index in [0.29, 0.717) is 28.2 Å². The van der Waals surface area contributed by atoms with Gasteiger partial charge in [-0.1, -0.05) is 6.58 Å². The van der Waals surface area contributed by atoms with E-state index in [0.717, 1.165) is 0 Å². The van der Waals surface area contributed by atoms with E-state index >= 15 is 0 Å². The normalized spacial score (nSPS) is 10.4. The van der Waals surface area contributed by atoms with Crippen molar-refractivity contribution in [2.45, 2.75) is 6.92 Å². The number of amides is 3. The van der Waals surface area contributed by atoms with Crippen LogP contribution in [0.5, 0.6) is 0 Å². The van der Waals surface area contributed by atoms with Crippen LogP contribution in [0.25, 0.3) is 27.5 Å². The smallest absolute Gasteiger partial charge is 0.320 e. The molecule has 148 valence electrons. The Morgan fingerprint density at radius 1 is 1.24 bits per heavy atom. The van der Waals surface area contributed by atoms with Crippen molar-refractivity contribution in [1.29, 1.82) is 0 Å². The standard InChI is InChI=1S/C19H17FN6O2S/c1-3-23-19(28)26-16-5-13(18-25-15(9-29-18)10(2)20)14(8-24-16)11-4-12(17(21)27)7-22-6-11/h4-9H,2-3H2,1H3,(H2,21,27)(H2,23,24,26,28). The van der Waals surface area contributed by atoms with Crippen LogP contribution < -0.4 is 16.4 Å². The molecular formula is C19H17FN6O2S. The molecule has 0 bridgehead atoms. The molecule has 0 unspecified atom stereocenters. The van der Waals surface area contributed by atoms with Crippen molar-refractivity contribution < 1.29 is 14.0 Å². The molecule has 0 saturated heterocycles. The summed E-state index contributed by atoms with van der Waals surface area (Å²) in [6.45, 7) is 5.51. The summed E-state index contributed by atoms with van der Waals surface area (Å²) >= 11 is 1.21. The fraction of sp³-hybridized carbons (Fsp3) is 0.105. The highest BCUT2D eigenvalue weighted by Crippen LogP contribution is 2.36. The molecule has 0 aliphatic heterocycles. The Hall–Kier alpha value is -3.66. The largest absolute Gasteiger partial charge is 0.366 e. The van der Waals surface area contributed by atoms with Gasteiger partial charge in [0.25, 0.3) is 0 Å². The van der Waals surface area contributed by atoms with E-state index in [-0.39, 0.29) is 17.1 Å². The number of hydrogen-bond acceptors (Lipinski definition) is 6. The van der Waals surface area contributed by atoms with Gasteiger partial charge in [0, 0.05) is 47.2 Å². The van der Waals surface area contributed by atoms with E-state index in [4.69, 9.17) is 5.73 Å². The van der Waals surface area contributed by atoms with Crippen LogP contribution in [0.2, 0.25) is 0 Å². The first kappa shape index (κ1) is 20.1. The number of pyridine rings is 2. The first-order valence-electron chi connectivity index (χ1n) is 8.49. The molecule has 29 heavy (non-hydrogen) atoms. The van der Waals surface area contributed by atoms with E-state index in [2.05, 4.69) is 32.2 Å². The van der Waals surface area contributed by atoms with Gasteiger partial charge in [-0.2, -0.15) is 0 Å². The Morgan fingerprint density at radius 3 is 2.69 bits per heavy atom. The number of primary amides is 1. The maximum Gasteiger partial charge on any atom is 0.320 e. The minimum absolute atomic E-state index is 0.120. The van der Waals surface area contributed by atoms with E-state index < -0.39 is 17.8 Å². The van der Waals surface area contributed by atoms with Crippen molar-refractivity contribution in [3.05, 3.63) is 53.9 Å². The Bertz CT molecular complexity index is 1100. The second-order valence-electron chi connectivity index (χ2n) is 5.87. The third-order valence-corrected chi connectivity index (χ3v) is 4.70. The minimum atomic E-state index is -0.652. The zero-order chi connectivity index (χ0) is 21.0. The lowest BCUT2D eigenvalue weighted by Crippen LogP contribution is -2.28. The van der Waals surface area contributed by atoms with Crippen LogP contribution in [0.3, 0.4) is 0 Å². The quantitative estimate of drug-likeness (QED) is 0.572. The van der Waals surface area contributed by atoms with Gasteiger partial charge < -0.3 is 11.1 Å². The van der Waals surface area contributed by atoms with E-state index in [1.54, 1.807) is 25.3 Å². The van der Waals surface area contributed by atoms with E-state index in [9.17, 15) is 14.0 Å². The lowest BCUT2D eigenvalue weighted by molar-refractivity contribution is 0.1000. The average molecular weight is 412 g/mol. The molecule has 3 rings (SSSR count). The first-order valence-corrected chi connectivity index (χ1v) is 9.37. The summed E-state index contributed by atoms with van der Waals surface area (Å²) in [5.41, 5.74) is 7.44. The van der Waals surface area contributed by atoms with Crippen LogP contribution in [0.15, 0.2) is 42.7 Å². The third-order valence-electron chi connectivity index (χ3n) is 3.83. The number of rotatable bonds is 6. The molecule has 0 fully saturated rings. The molecule has 0 atom stereocenters. The zero-order valence-electron chi connectivity index (χ0n) is 15.4. The number of carbonyl (C=O) groups is 2. The molecule has 3 aromatic heterocycles. The molecule has 8 nitrogen and oxygen atoms in total. The number of hydrogen-bond donors (Lipinski definition) is 3. The van der Waals surface area contributed by atoms with Crippen molar-refractivity contribution >= 4 is 34.9 Å². The highest BCUT2D eigenvalue weighted by atomic mass is 32.1. The fourth-order valence-electron chi connectivity index (χ4n) is 2.50. The number of anilines is 1. The van der Waals surface area contributed by atoms with Gasteiger partial charge in [-0.25, -0.2) is 19.2 Å². The van der Waals surface area contributed by atoms with Gasteiger partial charge in [-0.15, -0.1) is 11.3 Å². The number of halogens is 1. The number of nitrogens with two attached hydrogens (primary N) is 1. The Balaban J connectivity index is 2.11. The predicted molar refractivity (Wildman–Crippen MR) is 110 cm³/mol. The summed E-state index contributed by atoms with van der Waals surface area (Å²) in [6, 6.07) is 2.79. The topological polar surface area (TPSA) is 123 Å². The molecule has 3 aromatic rings. The maximum absolute atomic E-state index is 13.5. The molecule has 0 radical (unpaired) electrons. The Labute approximate surface area is 169 Å². The second-order valence-corrected chi connectivity index (χ2v) is 6.73. The number of nitrogens with zero attached hydrogens (tertiary/aromatic N) is 3. The molecule has 4 N–H and O–H groups in total. The summed E-state index contributed by atoms with van der Waals surface area (Å²) in [5, 5.41) is 7.26. The highest BCUT2D eigenvalue weighted by molar-refractivity contribution is 7.13. The number of thiazole rings is 1. The molecule has 0 aromatic carbocycles. The average Bonchev–Trinajstić information content (AvgIpc) is 3.18. The summed E-state index contributed by atoms with van der Waals surface area (Å²) in [7, 11) is 0. The SMILES string of the molecule is C=C(F)c1csc(-c2cc(NC(=O)NCC)ncc2-c2cncc(C(N)=O)c2)n1. The van der Waals surface area contributed by atoms with Crippen LogP contribution in [-0.4, -0.2) is 33.4 Å². The van der Waals surface area contributed by atoms with Crippen LogP contribution in [0, 0.1) is 0 Å². The minimum Gasteiger partial charge on any atom is -0.366 e. The molecule has 0 aliphatic carbocycles. The lowest BCUT2D eigenvalue weighted by atomic mass is 10.0.